The van der Waals surface area contributed by atoms with Crippen LogP contribution in [0, 0.1) is 25.2 Å². The highest BCUT2D eigenvalue weighted by molar-refractivity contribution is 6.01. The quantitative estimate of drug-likeness (QED) is 0.488. The van der Waals surface area contributed by atoms with Crippen LogP contribution < -0.4 is 5.32 Å². The van der Waals surface area contributed by atoms with E-state index in [9.17, 15) is 10.1 Å². The Morgan fingerprint density at radius 1 is 1.36 bits per heavy atom. The molecule has 0 saturated carbocycles. The molecule has 0 aliphatic heterocycles. The molecular formula is C22H25N5O. The topological polar surface area (TPSA) is 86.5 Å². The van der Waals surface area contributed by atoms with Crippen molar-refractivity contribution in [2.24, 2.45) is 0 Å². The fraction of sp³-hybridized carbons (Fsp3) is 0.318. The lowest BCUT2D eigenvalue weighted by Crippen LogP contribution is -2.27. The Balaban J connectivity index is 1.66. The second-order valence-electron chi connectivity index (χ2n) is 6.85. The second-order valence-corrected chi connectivity index (χ2v) is 6.85. The Bertz CT molecular complexity index is 1030. The van der Waals surface area contributed by atoms with Crippen molar-refractivity contribution in [2.45, 2.75) is 40.2 Å². The average Bonchev–Trinajstić information content (AvgIpc) is 3.21. The van der Waals surface area contributed by atoms with Crippen molar-refractivity contribution in [1.82, 2.24) is 19.9 Å². The van der Waals surface area contributed by atoms with E-state index in [1.54, 1.807) is 6.08 Å². The molecular weight excluding hydrogens is 350 g/mol. The minimum atomic E-state index is -0.362. The summed E-state index contributed by atoms with van der Waals surface area (Å²) in [6.45, 7) is 7.52. The molecule has 0 aliphatic carbocycles. The first-order chi connectivity index (χ1) is 13.5. The van der Waals surface area contributed by atoms with Crippen LogP contribution in [-0.2, 0) is 17.8 Å². The number of amides is 1. The van der Waals surface area contributed by atoms with Crippen molar-refractivity contribution in [3.05, 3.63) is 58.7 Å². The monoisotopic (exact) mass is 375 g/mol. The van der Waals surface area contributed by atoms with Crippen LogP contribution in [0.5, 0.6) is 0 Å². The number of imidazole rings is 1. The molecule has 0 unspecified atom stereocenters. The van der Waals surface area contributed by atoms with Gasteiger partial charge in [0.2, 0.25) is 0 Å². The second kappa shape index (κ2) is 8.57. The first-order valence-electron chi connectivity index (χ1n) is 9.53. The summed E-state index contributed by atoms with van der Waals surface area (Å²) in [5.74, 6) is 0.450. The number of hydrogen-bond donors (Lipinski definition) is 2. The Kier molecular flexibility index (Phi) is 5.95. The van der Waals surface area contributed by atoms with Gasteiger partial charge in [-0.15, -0.1) is 0 Å². The third-order valence-electron chi connectivity index (χ3n) is 4.81. The molecule has 0 spiro atoms. The van der Waals surface area contributed by atoms with Crippen molar-refractivity contribution in [1.29, 1.82) is 5.26 Å². The molecule has 144 valence electrons. The minimum absolute atomic E-state index is 0.112. The number of benzene rings is 1. The number of aromatic nitrogens is 3. The molecule has 2 heterocycles. The molecule has 2 aromatic heterocycles. The summed E-state index contributed by atoms with van der Waals surface area (Å²) in [5.41, 5.74) is 5.11. The van der Waals surface area contributed by atoms with Gasteiger partial charge in [0.25, 0.3) is 5.91 Å². The first-order valence-corrected chi connectivity index (χ1v) is 9.53. The van der Waals surface area contributed by atoms with Gasteiger partial charge in [0.15, 0.2) is 0 Å². The highest BCUT2D eigenvalue weighted by Gasteiger charge is 2.12. The number of carbonyl (C=O) groups is 1. The lowest BCUT2D eigenvalue weighted by Gasteiger charge is -2.07. The number of nitrogens with zero attached hydrogens (tertiary/aromatic N) is 3. The van der Waals surface area contributed by atoms with E-state index in [1.165, 1.54) is 0 Å². The van der Waals surface area contributed by atoms with E-state index in [0.717, 1.165) is 46.8 Å². The Morgan fingerprint density at radius 2 is 2.14 bits per heavy atom. The molecule has 3 aromatic rings. The van der Waals surface area contributed by atoms with Gasteiger partial charge in [0, 0.05) is 30.9 Å². The number of hydrogen-bond acceptors (Lipinski definition) is 3. The van der Waals surface area contributed by atoms with Gasteiger partial charge in [-0.1, -0.05) is 19.1 Å². The number of aromatic amines is 1. The summed E-state index contributed by atoms with van der Waals surface area (Å²) in [4.78, 5) is 20.2. The third kappa shape index (κ3) is 4.15. The predicted octanol–water partition coefficient (Wildman–Crippen LogP) is 3.66. The number of rotatable bonds is 7. The van der Waals surface area contributed by atoms with Gasteiger partial charge in [-0.25, -0.2) is 4.98 Å². The number of aryl methyl sites for hydroxylation is 1. The predicted molar refractivity (Wildman–Crippen MR) is 111 cm³/mol. The van der Waals surface area contributed by atoms with Crippen LogP contribution in [0.3, 0.4) is 0 Å². The minimum Gasteiger partial charge on any atom is -0.351 e. The van der Waals surface area contributed by atoms with E-state index in [-0.39, 0.29) is 11.5 Å². The van der Waals surface area contributed by atoms with E-state index in [0.29, 0.717) is 13.0 Å². The summed E-state index contributed by atoms with van der Waals surface area (Å²) in [7, 11) is 0. The number of fused-ring (bicyclic) bond motifs is 1. The van der Waals surface area contributed by atoms with E-state index in [4.69, 9.17) is 0 Å². The standard InChI is InChI=1S/C22H25N5O/c1-4-11-27-15(2)12-17(16(27)3)13-18(14-23)22(28)24-10-9-21-25-19-7-5-6-8-20(19)26-21/h5-8,12-13H,4,9-11H2,1-3H3,(H,24,28)(H,25,26)/b18-13+. The lowest BCUT2D eigenvalue weighted by molar-refractivity contribution is -0.117. The van der Waals surface area contributed by atoms with Crippen LogP contribution in [0.1, 0.15) is 36.1 Å². The molecule has 1 aromatic carbocycles. The number of nitrogens with one attached hydrogen (secondary N) is 2. The first kappa shape index (κ1) is 19.4. The van der Waals surface area contributed by atoms with Crippen molar-refractivity contribution < 1.29 is 4.79 Å². The van der Waals surface area contributed by atoms with Gasteiger partial charge in [-0.3, -0.25) is 4.79 Å². The van der Waals surface area contributed by atoms with Crippen LogP contribution in [0.4, 0.5) is 0 Å². The van der Waals surface area contributed by atoms with Crippen LogP contribution in [0.15, 0.2) is 35.9 Å². The van der Waals surface area contributed by atoms with Gasteiger partial charge >= 0.3 is 0 Å². The molecule has 0 radical (unpaired) electrons. The zero-order chi connectivity index (χ0) is 20.1. The molecule has 0 aliphatic rings. The zero-order valence-corrected chi connectivity index (χ0v) is 16.5. The molecule has 3 rings (SSSR count). The van der Waals surface area contributed by atoms with Crippen molar-refractivity contribution in [2.75, 3.05) is 6.54 Å². The van der Waals surface area contributed by atoms with E-state index >= 15 is 0 Å². The maximum absolute atomic E-state index is 12.4. The van der Waals surface area contributed by atoms with Gasteiger partial charge in [0.1, 0.15) is 17.5 Å². The van der Waals surface area contributed by atoms with Crippen LogP contribution >= 0.6 is 0 Å². The zero-order valence-electron chi connectivity index (χ0n) is 16.5. The molecule has 6 nitrogen and oxygen atoms in total. The maximum atomic E-state index is 12.4. The molecule has 0 fully saturated rings. The van der Waals surface area contributed by atoms with Gasteiger partial charge in [-0.2, -0.15) is 5.26 Å². The molecule has 0 bridgehead atoms. The van der Waals surface area contributed by atoms with E-state index in [2.05, 4.69) is 26.8 Å². The molecule has 28 heavy (non-hydrogen) atoms. The van der Waals surface area contributed by atoms with Crippen molar-refractivity contribution in [3.63, 3.8) is 0 Å². The third-order valence-corrected chi connectivity index (χ3v) is 4.81. The van der Waals surface area contributed by atoms with Gasteiger partial charge in [-0.05, 0) is 50.1 Å². The summed E-state index contributed by atoms with van der Waals surface area (Å²) in [6, 6.07) is 11.8. The Morgan fingerprint density at radius 3 is 2.86 bits per heavy atom. The van der Waals surface area contributed by atoms with E-state index < -0.39 is 0 Å². The van der Waals surface area contributed by atoms with Crippen molar-refractivity contribution in [3.8, 4) is 6.07 Å². The molecule has 1 amide bonds. The summed E-state index contributed by atoms with van der Waals surface area (Å²) < 4.78 is 2.21. The Hall–Kier alpha value is -3.33. The van der Waals surface area contributed by atoms with Crippen molar-refractivity contribution >= 4 is 23.0 Å². The van der Waals surface area contributed by atoms with Crippen LogP contribution in [0.2, 0.25) is 0 Å². The molecule has 0 atom stereocenters. The highest BCUT2D eigenvalue weighted by atomic mass is 16.1. The van der Waals surface area contributed by atoms with Gasteiger partial charge in [0.05, 0.1) is 11.0 Å². The molecule has 2 N–H and O–H groups in total. The number of carbonyl (C=O) groups excluding carboxylic acids is 1. The number of H-pyrrole nitrogens is 1. The molecule has 0 saturated heterocycles. The fourth-order valence-corrected chi connectivity index (χ4v) is 3.36. The fourth-order valence-electron chi connectivity index (χ4n) is 3.36. The average molecular weight is 375 g/mol. The lowest BCUT2D eigenvalue weighted by atomic mass is 10.1. The number of para-hydroxylation sites is 2. The largest absolute Gasteiger partial charge is 0.351 e. The van der Waals surface area contributed by atoms with Crippen LogP contribution in [0.25, 0.3) is 17.1 Å². The van der Waals surface area contributed by atoms with E-state index in [1.807, 2.05) is 50.2 Å². The smallest absolute Gasteiger partial charge is 0.261 e. The summed E-state index contributed by atoms with van der Waals surface area (Å²) in [6.07, 6.45) is 3.28. The summed E-state index contributed by atoms with van der Waals surface area (Å²) in [5, 5.41) is 12.3. The maximum Gasteiger partial charge on any atom is 0.261 e. The Labute approximate surface area is 164 Å². The van der Waals surface area contributed by atoms with Gasteiger partial charge < -0.3 is 14.9 Å². The van der Waals surface area contributed by atoms with Crippen LogP contribution in [-0.4, -0.2) is 27.0 Å². The molecule has 6 heteroatoms. The normalized spacial score (nSPS) is 11.6. The number of nitriles is 1. The highest BCUT2D eigenvalue weighted by Crippen LogP contribution is 2.19. The SMILES string of the molecule is CCCn1c(C)cc(/C=C(\C#N)C(=O)NCCc2nc3ccccc3[nH]2)c1C. The summed E-state index contributed by atoms with van der Waals surface area (Å²) >= 11 is 0.